The topological polar surface area (TPSA) is 54.4 Å². The van der Waals surface area contributed by atoms with Crippen molar-refractivity contribution >= 4 is 10.1 Å². The molecule has 2 atom stereocenters. The average molecular weight is 551 g/mol. The first-order valence-electron chi connectivity index (χ1n) is 16.4. The summed E-state index contributed by atoms with van der Waals surface area (Å²) in [4.78, 5) is 0. The number of unbranched alkanes of at least 4 members (excludes halogenated alkanes) is 17. The van der Waals surface area contributed by atoms with Gasteiger partial charge in [-0.05, 0) is 48.6 Å². The highest BCUT2D eigenvalue weighted by atomic mass is 32.2. The van der Waals surface area contributed by atoms with E-state index < -0.39 is 10.1 Å². The van der Waals surface area contributed by atoms with Crippen molar-refractivity contribution < 1.29 is 13.0 Å². The first-order chi connectivity index (χ1) is 18.4. The van der Waals surface area contributed by atoms with Gasteiger partial charge in [-0.2, -0.15) is 8.42 Å². The van der Waals surface area contributed by atoms with E-state index in [-0.39, 0.29) is 5.75 Å². The molecule has 0 amide bonds. The predicted molar refractivity (Wildman–Crippen MR) is 167 cm³/mol. The van der Waals surface area contributed by atoms with Gasteiger partial charge in [0.1, 0.15) is 0 Å². The van der Waals surface area contributed by atoms with Crippen LogP contribution in [0.5, 0.6) is 0 Å². The largest absolute Gasteiger partial charge is 0.286 e. The Balaban J connectivity index is 2.10. The van der Waals surface area contributed by atoms with Gasteiger partial charge in [-0.15, -0.1) is 0 Å². The molecule has 0 spiro atoms. The standard InChI is InChI=1S/C34H62O3S/c1-4-6-7-8-9-12-16-19-22-25-32(5-2)34-28-26-33(27-29-34)31(3)24-21-18-15-13-10-11-14-17-20-23-30-38(35,36)37/h26-29,31-32H,4-25,30H2,1-3H3,(H,35,36,37). The van der Waals surface area contributed by atoms with Crippen molar-refractivity contribution in [3.63, 3.8) is 0 Å². The van der Waals surface area contributed by atoms with E-state index in [4.69, 9.17) is 4.55 Å². The third kappa shape index (κ3) is 19.2. The number of hydrogen-bond acceptors (Lipinski definition) is 2. The minimum atomic E-state index is -3.77. The van der Waals surface area contributed by atoms with Gasteiger partial charge in [-0.25, -0.2) is 0 Å². The van der Waals surface area contributed by atoms with Crippen LogP contribution >= 0.6 is 0 Å². The molecule has 0 bridgehead atoms. The second kappa shape index (κ2) is 22.9. The van der Waals surface area contributed by atoms with Crippen LogP contribution in [0.2, 0.25) is 0 Å². The Bertz CT molecular complexity index is 756. The molecule has 0 saturated carbocycles. The van der Waals surface area contributed by atoms with E-state index in [0.29, 0.717) is 12.3 Å². The molecule has 0 heterocycles. The van der Waals surface area contributed by atoms with Crippen LogP contribution in [0, 0.1) is 0 Å². The van der Waals surface area contributed by atoms with Crippen LogP contribution in [0.1, 0.15) is 185 Å². The summed E-state index contributed by atoms with van der Waals surface area (Å²) in [5, 5.41) is 0. The summed E-state index contributed by atoms with van der Waals surface area (Å²) in [6.45, 7) is 7.03. The van der Waals surface area contributed by atoms with Gasteiger partial charge in [0.2, 0.25) is 0 Å². The lowest BCUT2D eigenvalue weighted by atomic mass is 9.88. The van der Waals surface area contributed by atoms with Gasteiger partial charge in [-0.1, -0.05) is 161 Å². The molecule has 1 aromatic rings. The van der Waals surface area contributed by atoms with Gasteiger partial charge < -0.3 is 0 Å². The van der Waals surface area contributed by atoms with Crippen molar-refractivity contribution in [3.8, 4) is 0 Å². The fourth-order valence-corrected chi connectivity index (χ4v) is 6.29. The van der Waals surface area contributed by atoms with Gasteiger partial charge in [0.05, 0.1) is 5.75 Å². The molecule has 1 N–H and O–H groups in total. The van der Waals surface area contributed by atoms with E-state index in [1.165, 1.54) is 128 Å². The van der Waals surface area contributed by atoms with E-state index in [2.05, 4.69) is 45.0 Å². The van der Waals surface area contributed by atoms with Crippen molar-refractivity contribution in [1.29, 1.82) is 0 Å². The minimum absolute atomic E-state index is 0.0891. The SMILES string of the molecule is CCCCCCCCCCCC(CC)c1ccc(C(C)CCCCCCCCCCCCS(=O)(=O)O)cc1. The fourth-order valence-electron chi connectivity index (χ4n) is 5.72. The fraction of sp³-hybridized carbons (Fsp3) is 0.824. The monoisotopic (exact) mass is 550 g/mol. The summed E-state index contributed by atoms with van der Waals surface area (Å²) >= 11 is 0. The van der Waals surface area contributed by atoms with Crippen molar-refractivity contribution in [2.45, 2.75) is 174 Å². The molecule has 38 heavy (non-hydrogen) atoms. The lowest BCUT2D eigenvalue weighted by molar-refractivity contribution is 0.478. The third-order valence-electron chi connectivity index (χ3n) is 8.42. The van der Waals surface area contributed by atoms with E-state index in [0.717, 1.165) is 18.8 Å². The Labute approximate surface area is 237 Å². The summed E-state index contributed by atoms with van der Waals surface area (Å²) in [5.41, 5.74) is 3.04. The predicted octanol–water partition coefficient (Wildman–Crippen LogP) is 11.4. The molecule has 0 radical (unpaired) electrons. The second-order valence-corrected chi connectivity index (χ2v) is 13.5. The Morgan fingerprint density at radius 3 is 1.42 bits per heavy atom. The van der Waals surface area contributed by atoms with Crippen molar-refractivity contribution in [3.05, 3.63) is 35.4 Å². The lowest BCUT2D eigenvalue weighted by Crippen LogP contribution is -2.03. The molecule has 0 aliphatic rings. The maximum absolute atomic E-state index is 10.7. The number of benzene rings is 1. The lowest BCUT2D eigenvalue weighted by Gasteiger charge is -2.17. The molecular formula is C34H62O3S. The first kappa shape index (κ1) is 35.2. The van der Waals surface area contributed by atoms with Gasteiger partial charge in [0.15, 0.2) is 0 Å². The Morgan fingerprint density at radius 2 is 0.974 bits per heavy atom. The summed E-state index contributed by atoms with van der Waals surface area (Å²) in [7, 11) is -3.77. The average Bonchev–Trinajstić information content (AvgIpc) is 2.90. The van der Waals surface area contributed by atoms with Gasteiger partial charge >= 0.3 is 0 Å². The van der Waals surface area contributed by atoms with E-state index in [9.17, 15) is 8.42 Å². The second-order valence-electron chi connectivity index (χ2n) is 11.9. The van der Waals surface area contributed by atoms with Crippen LogP contribution in [0.25, 0.3) is 0 Å². The van der Waals surface area contributed by atoms with Gasteiger partial charge in [0, 0.05) is 0 Å². The molecule has 222 valence electrons. The zero-order valence-corrected chi connectivity index (χ0v) is 26.2. The molecule has 0 saturated heterocycles. The highest BCUT2D eigenvalue weighted by molar-refractivity contribution is 7.85. The van der Waals surface area contributed by atoms with E-state index >= 15 is 0 Å². The zero-order chi connectivity index (χ0) is 27.9. The molecule has 3 nitrogen and oxygen atoms in total. The smallest absolute Gasteiger partial charge is 0.264 e. The molecule has 0 aliphatic heterocycles. The number of rotatable bonds is 26. The normalized spacial score (nSPS) is 13.6. The Morgan fingerprint density at radius 1 is 0.579 bits per heavy atom. The Hall–Kier alpha value is -0.870. The van der Waals surface area contributed by atoms with Crippen LogP contribution in [0.4, 0.5) is 0 Å². The summed E-state index contributed by atoms with van der Waals surface area (Å²) in [5.74, 6) is 1.28. The van der Waals surface area contributed by atoms with Crippen LogP contribution in [0.15, 0.2) is 24.3 Å². The van der Waals surface area contributed by atoms with Crippen LogP contribution < -0.4 is 0 Å². The van der Waals surface area contributed by atoms with Crippen LogP contribution in [-0.4, -0.2) is 18.7 Å². The Kier molecular flexibility index (Phi) is 21.2. The van der Waals surface area contributed by atoms with Gasteiger partial charge in [-0.3, -0.25) is 4.55 Å². The molecule has 0 aliphatic carbocycles. The van der Waals surface area contributed by atoms with Crippen LogP contribution in [-0.2, 0) is 10.1 Å². The first-order valence-corrected chi connectivity index (χ1v) is 18.0. The van der Waals surface area contributed by atoms with Crippen LogP contribution in [0.3, 0.4) is 0 Å². The molecule has 0 aromatic heterocycles. The number of hydrogen-bond donors (Lipinski definition) is 1. The summed E-state index contributed by atoms with van der Waals surface area (Å²) < 4.78 is 30.1. The summed E-state index contributed by atoms with van der Waals surface area (Å²) in [6.07, 6.45) is 28.1. The summed E-state index contributed by atoms with van der Waals surface area (Å²) in [6, 6.07) is 9.62. The minimum Gasteiger partial charge on any atom is -0.286 e. The molecular weight excluding hydrogens is 488 g/mol. The maximum Gasteiger partial charge on any atom is 0.264 e. The maximum atomic E-state index is 10.7. The van der Waals surface area contributed by atoms with E-state index in [1.54, 1.807) is 5.56 Å². The molecule has 1 aromatic carbocycles. The van der Waals surface area contributed by atoms with Crippen molar-refractivity contribution in [2.75, 3.05) is 5.75 Å². The van der Waals surface area contributed by atoms with Crippen molar-refractivity contribution in [1.82, 2.24) is 0 Å². The van der Waals surface area contributed by atoms with Crippen molar-refractivity contribution in [2.24, 2.45) is 0 Å². The zero-order valence-electron chi connectivity index (χ0n) is 25.4. The third-order valence-corrected chi connectivity index (χ3v) is 9.22. The highest BCUT2D eigenvalue weighted by Gasteiger charge is 2.11. The van der Waals surface area contributed by atoms with Gasteiger partial charge in [0.25, 0.3) is 10.1 Å². The molecule has 0 fully saturated rings. The molecule has 4 heteroatoms. The quantitative estimate of drug-likeness (QED) is 0.0921. The highest BCUT2D eigenvalue weighted by Crippen LogP contribution is 2.29. The molecule has 1 rings (SSSR count). The molecule has 2 unspecified atom stereocenters. The van der Waals surface area contributed by atoms with E-state index in [1.807, 2.05) is 0 Å².